The number of aliphatic carboxylic acids is 1. The van der Waals surface area contributed by atoms with Crippen LogP contribution < -0.4 is 4.90 Å². The fourth-order valence-corrected chi connectivity index (χ4v) is 2.55. The maximum absolute atomic E-state index is 14.1. The highest BCUT2D eigenvalue weighted by molar-refractivity contribution is 5.94. The number of halogens is 1. The van der Waals surface area contributed by atoms with Gasteiger partial charge in [-0.15, -0.1) is 0 Å². The molecule has 1 aromatic carbocycles. The monoisotopic (exact) mass is 322 g/mol. The van der Waals surface area contributed by atoms with E-state index in [-0.39, 0.29) is 24.5 Å². The third-order valence-corrected chi connectivity index (χ3v) is 3.88. The molecule has 0 bridgehead atoms. The molecule has 0 aliphatic carbocycles. The van der Waals surface area contributed by atoms with E-state index in [0.717, 1.165) is 0 Å². The molecular formula is C16H19FN2O4. The zero-order valence-corrected chi connectivity index (χ0v) is 12.9. The van der Waals surface area contributed by atoms with Crippen LogP contribution in [0, 0.1) is 5.82 Å². The summed E-state index contributed by atoms with van der Waals surface area (Å²) in [5.74, 6) is -1.84. The normalized spacial score (nSPS) is 14.7. The van der Waals surface area contributed by atoms with Crippen LogP contribution in [0.5, 0.6) is 0 Å². The number of piperazine rings is 1. The predicted octanol–water partition coefficient (Wildman–Crippen LogP) is 1.54. The van der Waals surface area contributed by atoms with Crippen molar-refractivity contribution in [3.05, 3.63) is 29.6 Å². The minimum atomic E-state index is -0.996. The van der Waals surface area contributed by atoms with E-state index in [1.807, 2.05) is 4.90 Å². The fourth-order valence-electron chi connectivity index (χ4n) is 2.55. The third kappa shape index (κ3) is 4.28. The first-order chi connectivity index (χ1) is 10.9. The van der Waals surface area contributed by atoms with Crippen molar-refractivity contribution in [1.29, 1.82) is 0 Å². The number of rotatable bonds is 5. The highest BCUT2D eigenvalue weighted by Gasteiger charge is 2.23. The summed E-state index contributed by atoms with van der Waals surface area (Å²) < 4.78 is 14.1. The van der Waals surface area contributed by atoms with Gasteiger partial charge in [-0.25, -0.2) is 4.39 Å². The summed E-state index contributed by atoms with van der Waals surface area (Å²) in [6.45, 7) is 3.17. The Morgan fingerprint density at radius 2 is 1.78 bits per heavy atom. The van der Waals surface area contributed by atoms with E-state index in [1.54, 1.807) is 17.0 Å². The van der Waals surface area contributed by atoms with Gasteiger partial charge in [0.05, 0.1) is 12.1 Å². The number of benzene rings is 1. The van der Waals surface area contributed by atoms with Crippen LogP contribution in [0.4, 0.5) is 10.1 Å². The Morgan fingerprint density at radius 1 is 1.13 bits per heavy atom. The van der Waals surface area contributed by atoms with E-state index in [4.69, 9.17) is 5.11 Å². The molecule has 1 aromatic rings. The van der Waals surface area contributed by atoms with Crippen LogP contribution in [0.1, 0.15) is 30.1 Å². The first kappa shape index (κ1) is 16.9. The predicted molar refractivity (Wildman–Crippen MR) is 82.1 cm³/mol. The van der Waals surface area contributed by atoms with Crippen molar-refractivity contribution in [2.45, 2.75) is 19.8 Å². The van der Waals surface area contributed by atoms with Gasteiger partial charge in [-0.2, -0.15) is 0 Å². The number of anilines is 1. The summed E-state index contributed by atoms with van der Waals surface area (Å²) in [4.78, 5) is 37.0. The minimum Gasteiger partial charge on any atom is -0.481 e. The van der Waals surface area contributed by atoms with Gasteiger partial charge in [0.2, 0.25) is 5.91 Å². The summed E-state index contributed by atoms with van der Waals surface area (Å²) >= 11 is 0. The van der Waals surface area contributed by atoms with E-state index >= 15 is 0 Å². The second-order valence-corrected chi connectivity index (χ2v) is 5.48. The summed E-state index contributed by atoms with van der Waals surface area (Å²) in [7, 11) is 0. The Balaban J connectivity index is 1.95. The summed E-state index contributed by atoms with van der Waals surface area (Å²) in [6.07, 6.45) is -0.197. The second kappa shape index (κ2) is 7.21. The molecule has 1 aliphatic heterocycles. The van der Waals surface area contributed by atoms with Crippen molar-refractivity contribution in [3.63, 3.8) is 0 Å². The summed E-state index contributed by atoms with van der Waals surface area (Å²) in [5.41, 5.74) is 0.737. The van der Waals surface area contributed by atoms with Gasteiger partial charge in [-0.05, 0) is 25.1 Å². The Morgan fingerprint density at radius 3 is 2.30 bits per heavy atom. The molecule has 0 spiro atoms. The van der Waals surface area contributed by atoms with Crippen molar-refractivity contribution in [1.82, 2.24) is 4.90 Å². The quantitative estimate of drug-likeness (QED) is 0.832. The van der Waals surface area contributed by atoms with E-state index in [1.165, 1.54) is 13.0 Å². The van der Waals surface area contributed by atoms with Crippen LogP contribution in [0.15, 0.2) is 18.2 Å². The smallest absolute Gasteiger partial charge is 0.303 e. The summed E-state index contributed by atoms with van der Waals surface area (Å²) in [5, 5.41) is 8.60. The van der Waals surface area contributed by atoms with Gasteiger partial charge in [0.15, 0.2) is 5.78 Å². The Labute approximate surface area is 133 Å². The molecule has 7 heteroatoms. The van der Waals surface area contributed by atoms with Crippen LogP contribution in [-0.4, -0.2) is 53.8 Å². The molecule has 23 heavy (non-hydrogen) atoms. The average molecular weight is 322 g/mol. The molecule has 1 saturated heterocycles. The lowest BCUT2D eigenvalue weighted by molar-refractivity contribution is -0.141. The number of hydrogen-bond donors (Lipinski definition) is 1. The van der Waals surface area contributed by atoms with Gasteiger partial charge in [-0.3, -0.25) is 14.4 Å². The molecule has 0 radical (unpaired) electrons. The van der Waals surface area contributed by atoms with Crippen LogP contribution in [0.3, 0.4) is 0 Å². The number of ketones is 1. The standard InChI is InChI=1S/C16H19FN2O4/c1-11(20)12-2-3-14(13(17)10-12)18-6-8-19(9-7-18)15(21)4-5-16(22)23/h2-3,10H,4-9H2,1H3,(H,22,23). The number of carboxylic acid groups (broad SMARTS) is 1. The van der Waals surface area contributed by atoms with Crippen LogP contribution in [0.2, 0.25) is 0 Å². The van der Waals surface area contributed by atoms with Crippen molar-refractivity contribution in [3.8, 4) is 0 Å². The number of amides is 1. The van der Waals surface area contributed by atoms with E-state index in [0.29, 0.717) is 37.4 Å². The van der Waals surface area contributed by atoms with E-state index in [9.17, 15) is 18.8 Å². The van der Waals surface area contributed by atoms with Gasteiger partial charge in [0, 0.05) is 38.2 Å². The molecule has 1 aliphatic rings. The lowest BCUT2D eigenvalue weighted by Crippen LogP contribution is -2.49. The number of carbonyl (C=O) groups excluding carboxylic acids is 2. The zero-order valence-electron chi connectivity index (χ0n) is 12.9. The van der Waals surface area contributed by atoms with Gasteiger partial charge >= 0.3 is 5.97 Å². The van der Waals surface area contributed by atoms with Crippen LogP contribution in [-0.2, 0) is 9.59 Å². The zero-order chi connectivity index (χ0) is 17.0. The van der Waals surface area contributed by atoms with E-state index < -0.39 is 11.8 Å². The van der Waals surface area contributed by atoms with Gasteiger partial charge in [0.25, 0.3) is 0 Å². The number of nitrogens with zero attached hydrogens (tertiary/aromatic N) is 2. The Hall–Kier alpha value is -2.44. The lowest BCUT2D eigenvalue weighted by Gasteiger charge is -2.36. The maximum atomic E-state index is 14.1. The number of Topliss-reactive ketones (excluding diaryl/α,β-unsaturated/α-hetero) is 1. The molecule has 1 N–H and O–H groups in total. The summed E-state index contributed by atoms with van der Waals surface area (Å²) in [6, 6.07) is 4.39. The van der Waals surface area contributed by atoms with Gasteiger partial charge in [0.1, 0.15) is 5.82 Å². The Kier molecular flexibility index (Phi) is 5.31. The lowest BCUT2D eigenvalue weighted by atomic mass is 10.1. The molecular weight excluding hydrogens is 303 g/mol. The van der Waals surface area contributed by atoms with Gasteiger partial charge in [-0.1, -0.05) is 0 Å². The first-order valence-corrected chi connectivity index (χ1v) is 7.43. The first-order valence-electron chi connectivity index (χ1n) is 7.43. The SMILES string of the molecule is CC(=O)c1ccc(N2CCN(C(=O)CCC(=O)O)CC2)c(F)c1. The molecule has 1 amide bonds. The second-order valence-electron chi connectivity index (χ2n) is 5.48. The Bertz CT molecular complexity index is 625. The third-order valence-electron chi connectivity index (χ3n) is 3.88. The molecule has 0 aromatic heterocycles. The van der Waals surface area contributed by atoms with E-state index in [2.05, 4.69) is 0 Å². The van der Waals surface area contributed by atoms with Crippen LogP contribution in [0.25, 0.3) is 0 Å². The average Bonchev–Trinajstić information content (AvgIpc) is 2.52. The number of hydrogen-bond acceptors (Lipinski definition) is 4. The number of carboxylic acids is 1. The largest absolute Gasteiger partial charge is 0.481 e. The van der Waals surface area contributed by atoms with Crippen molar-refractivity contribution in [2.75, 3.05) is 31.1 Å². The molecule has 0 atom stereocenters. The molecule has 2 rings (SSSR count). The van der Waals surface area contributed by atoms with Gasteiger partial charge < -0.3 is 14.9 Å². The molecule has 124 valence electrons. The molecule has 0 saturated carbocycles. The molecule has 6 nitrogen and oxygen atoms in total. The van der Waals surface area contributed by atoms with Crippen molar-refractivity contribution >= 4 is 23.3 Å². The highest BCUT2D eigenvalue weighted by atomic mass is 19.1. The molecule has 1 heterocycles. The highest BCUT2D eigenvalue weighted by Crippen LogP contribution is 2.22. The minimum absolute atomic E-state index is 0.0169. The topological polar surface area (TPSA) is 77.9 Å². The number of carbonyl (C=O) groups is 3. The van der Waals surface area contributed by atoms with Crippen LogP contribution >= 0.6 is 0 Å². The molecule has 0 unspecified atom stereocenters. The fraction of sp³-hybridized carbons (Fsp3) is 0.438. The van der Waals surface area contributed by atoms with Crippen molar-refractivity contribution in [2.24, 2.45) is 0 Å². The molecule has 1 fully saturated rings. The van der Waals surface area contributed by atoms with Crippen molar-refractivity contribution < 1.29 is 23.9 Å². The maximum Gasteiger partial charge on any atom is 0.303 e.